The van der Waals surface area contributed by atoms with Crippen molar-refractivity contribution >= 4 is 38.3 Å². The van der Waals surface area contributed by atoms with Crippen molar-refractivity contribution in [2.24, 2.45) is 0 Å². The monoisotopic (exact) mass is 452 g/mol. The van der Waals surface area contributed by atoms with E-state index in [9.17, 15) is 8.42 Å². The number of nitrogens with one attached hydrogen (secondary N) is 2. The van der Waals surface area contributed by atoms with Crippen LogP contribution in [0.15, 0.2) is 77.7 Å². The lowest BCUT2D eigenvalue weighted by molar-refractivity contribution is 0.583. The molecule has 0 aliphatic heterocycles. The van der Waals surface area contributed by atoms with Crippen molar-refractivity contribution in [3.8, 4) is 11.4 Å². The van der Waals surface area contributed by atoms with E-state index in [0.29, 0.717) is 23.2 Å². The second-order valence-corrected chi connectivity index (χ2v) is 9.20. The molecule has 0 saturated heterocycles. The molecule has 2 N–H and O–H groups in total. The number of nitrogens with zero attached hydrogens (tertiary/aromatic N) is 2. The van der Waals surface area contributed by atoms with Gasteiger partial charge in [-0.3, -0.25) is 0 Å². The fourth-order valence-electron chi connectivity index (χ4n) is 3.14. The van der Waals surface area contributed by atoms with Crippen molar-refractivity contribution in [3.05, 3.63) is 83.4 Å². The minimum Gasteiger partial charge on any atom is -0.368 e. The Balaban J connectivity index is 1.53. The molecule has 0 spiro atoms. The fourth-order valence-corrected chi connectivity index (χ4v) is 4.39. The number of halogens is 1. The molecule has 0 saturated carbocycles. The average Bonchev–Trinajstić information content (AvgIpc) is 2.77. The van der Waals surface area contributed by atoms with Crippen LogP contribution in [0.3, 0.4) is 0 Å². The van der Waals surface area contributed by atoms with E-state index >= 15 is 0 Å². The molecule has 31 heavy (non-hydrogen) atoms. The summed E-state index contributed by atoms with van der Waals surface area (Å²) in [5.74, 6) is 1.13. The predicted molar refractivity (Wildman–Crippen MR) is 125 cm³/mol. The van der Waals surface area contributed by atoms with Gasteiger partial charge in [-0.25, -0.2) is 23.1 Å². The first kappa shape index (κ1) is 21.2. The lowest BCUT2D eigenvalue weighted by atomic mass is 10.2. The summed E-state index contributed by atoms with van der Waals surface area (Å²) in [4.78, 5) is 9.53. The van der Waals surface area contributed by atoms with E-state index in [2.05, 4.69) is 20.0 Å². The van der Waals surface area contributed by atoms with Crippen LogP contribution in [-0.4, -0.2) is 31.5 Å². The quantitative estimate of drug-likeness (QED) is 0.399. The van der Waals surface area contributed by atoms with Crippen LogP contribution < -0.4 is 10.0 Å². The number of aromatic nitrogens is 2. The van der Waals surface area contributed by atoms with E-state index in [4.69, 9.17) is 11.6 Å². The molecule has 158 valence electrons. The molecular formula is C23H21ClN4O2S. The smallest absolute Gasteiger partial charge is 0.240 e. The summed E-state index contributed by atoms with van der Waals surface area (Å²) >= 11 is 6.33. The van der Waals surface area contributed by atoms with Gasteiger partial charge in [0, 0.05) is 24.0 Å². The third-order valence-electron chi connectivity index (χ3n) is 4.76. The molecule has 0 atom stereocenters. The molecule has 0 aliphatic rings. The van der Waals surface area contributed by atoms with E-state index in [1.807, 2.05) is 49.4 Å². The van der Waals surface area contributed by atoms with Gasteiger partial charge < -0.3 is 5.32 Å². The molecule has 1 aromatic heterocycles. The number of anilines is 1. The predicted octanol–water partition coefficient (Wildman–Crippen LogP) is 4.65. The van der Waals surface area contributed by atoms with Gasteiger partial charge in [-0.1, -0.05) is 53.6 Å². The molecule has 0 unspecified atom stereocenters. The summed E-state index contributed by atoms with van der Waals surface area (Å²) in [7, 11) is -3.57. The molecular weight excluding hydrogens is 432 g/mol. The van der Waals surface area contributed by atoms with Crippen molar-refractivity contribution in [1.29, 1.82) is 0 Å². The van der Waals surface area contributed by atoms with E-state index in [-0.39, 0.29) is 11.4 Å². The zero-order valence-corrected chi connectivity index (χ0v) is 18.4. The van der Waals surface area contributed by atoms with Crippen LogP contribution in [0.5, 0.6) is 0 Å². The maximum Gasteiger partial charge on any atom is 0.240 e. The molecule has 4 rings (SSSR count). The summed E-state index contributed by atoms with van der Waals surface area (Å²) in [5.41, 5.74) is 2.51. The van der Waals surface area contributed by atoms with E-state index in [1.54, 1.807) is 30.3 Å². The number of para-hydroxylation sites is 1. The first-order chi connectivity index (χ1) is 14.9. The van der Waals surface area contributed by atoms with E-state index in [0.717, 1.165) is 22.0 Å². The molecule has 8 heteroatoms. The Bertz CT molecular complexity index is 1330. The third-order valence-corrected chi connectivity index (χ3v) is 6.57. The van der Waals surface area contributed by atoms with Crippen molar-refractivity contribution in [2.45, 2.75) is 11.8 Å². The summed E-state index contributed by atoms with van der Waals surface area (Å²) in [6.45, 7) is 2.47. The van der Waals surface area contributed by atoms with Gasteiger partial charge in [0.2, 0.25) is 10.0 Å². The fraction of sp³-hybridized carbons (Fsp3) is 0.130. The zero-order chi connectivity index (χ0) is 21.8. The largest absolute Gasteiger partial charge is 0.368 e. The van der Waals surface area contributed by atoms with Crippen LogP contribution in [0.2, 0.25) is 5.02 Å². The van der Waals surface area contributed by atoms with Crippen molar-refractivity contribution in [1.82, 2.24) is 14.7 Å². The molecule has 0 radical (unpaired) electrons. The van der Waals surface area contributed by atoms with Gasteiger partial charge >= 0.3 is 0 Å². The van der Waals surface area contributed by atoms with Gasteiger partial charge in [0.1, 0.15) is 5.82 Å². The Kier molecular flexibility index (Phi) is 6.18. The Hall–Kier alpha value is -3.00. The Labute approximate surface area is 186 Å². The second kappa shape index (κ2) is 9.01. The molecule has 0 aliphatic carbocycles. The van der Waals surface area contributed by atoms with Crippen LogP contribution in [0, 0.1) is 6.92 Å². The maximum atomic E-state index is 12.5. The van der Waals surface area contributed by atoms with Gasteiger partial charge in [-0.15, -0.1) is 0 Å². The summed E-state index contributed by atoms with van der Waals surface area (Å²) in [5, 5.41) is 4.64. The summed E-state index contributed by atoms with van der Waals surface area (Å²) in [6.07, 6.45) is 0. The highest BCUT2D eigenvalue weighted by atomic mass is 35.5. The Morgan fingerprint density at radius 1 is 0.871 bits per heavy atom. The highest BCUT2D eigenvalue weighted by molar-refractivity contribution is 7.89. The SMILES string of the molecule is Cc1ccc(S(=O)(=O)NCCNc2nc(-c3ccccc3Cl)nc3ccccc23)cc1. The van der Waals surface area contributed by atoms with Crippen LogP contribution in [0.4, 0.5) is 5.82 Å². The molecule has 4 aromatic rings. The molecule has 0 bridgehead atoms. The number of rotatable bonds is 7. The Morgan fingerprint density at radius 3 is 2.35 bits per heavy atom. The third kappa shape index (κ3) is 4.85. The average molecular weight is 453 g/mol. The van der Waals surface area contributed by atoms with Gasteiger partial charge in [0.15, 0.2) is 5.82 Å². The van der Waals surface area contributed by atoms with Gasteiger partial charge in [-0.05, 0) is 43.3 Å². The topological polar surface area (TPSA) is 84.0 Å². The summed E-state index contributed by atoms with van der Waals surface area (Å²) < 4.78 is 27.5. The molecule has 0 amide bonds. The molecule has 1 heterocycles. The van der Waals surface area contributed by atoms with Crippen LogP contribution in [0.25, 0.3) is 22.3 Å². The number of benzene rings is 3. The van der Waals surface area contributed by atoms with Gasteiger partial charge in [-0.2, -0.15) is 0 Å². The molecule has 6 nitrogen and oxygen atoms in total. The minimum absolute atomic E-state index is 0.204. The van der Waals surface area contributed by atoms with Crippen LogP contribution in [0.1, 0.15) is 5.56 Å². The lowest BCUT2D eigenvalue weighted by Gasteiger charge is -2.12. The van der Waals surface area contributed by atoms with Crippen molar-refractivity contribution < 1.29 is 8.42 Å². The molecule has 0 fully saturated rings. The number of aryl methyl sites for hydroxylation is 1. The van der Waals surface area contributed by atoms with E-state index < -0.39 is 10.0 Å². The number of hydrogen-bond acceptors (Lipinski definition) is 5. The Morgan fingerprint density at radius 2 is 1.58 bits per heavy atom. The zero-order valence-electron chi connectivity index (χ0n) is 16.8. The highest BCUT2D eigenvalue weighted by Crippen LogP contribution is 2.29. The van der Waals surface area contributed by atoms with Crippen LogP contribution in [-0.2, 0) is 10.0 Å². The minimum atomic E-state index is -3.57. The number of hydrogen-bond donors (Lipinski definition) is 2. The molecule has 3 aromatic carbocycles. The van der Waals surface area contributed by atoms with Crippen molar-refractivity contribution in [3.63, 3.8) is 0 Å². The number of fused-ring (bicyclic) bond motifs is 1. The first-order valence-corrected chi connectivity index (χ1v) is 11.6. The highest BCUT2D eigenvalue weighted by Gasteiger charge is 2.14. The summed E-state index contributed by atoms with van der Waals surface area (Å²) in [6, 6.07) is 21.8. The second-order valence-electron chi connectivity index (χ2n) is 7.03. The standard InChI is InChI=1S/C23H21ClN4O2S/c1-16-10-12-17(13-11-16)31(29,30)26-15-14-25-22-19-7-3-5-9-21(19)27-23(28-22)18-6-2-4-8-20(18)24/h2-13,26H,14-15H2,1H3,(H,25,27,28). The maximum absolute atomic E-state index is 12.5. The number of sulfonamides is 1. The van der Waals surface area contributed by atoms with Gasteiger partial charge in [0.25, 0.3) is 0 Å². The lowest BCUT2D eigenvalue weighted by Crippen LogP contribution is -2.29. The van der Waals surface area contributed by atoms with E-state index in [1.165, 1.54) is 0 Å². The van der Waals surface area contributed by atoms with Crippen LogP contribution >= 0.6 is 11.6 Å². The normalized spacial score (nSPS) is 11.5. The van der Waals surface area contributed by atoms with Gasteiger partial charge in [0.05, 0.1) is 15.4 Å². The first-order valence-electron chi connectivity index (χ1n) is 9.76. The van der Waals surface area contributed by atoms with Crippen molar-refractivity contribution in [2.75, 3.05) is 18.4 Å².